The lowest BCUT2D eigenvalue weighted by Crippen LogP contribution is -2.35. The molecule has 1 aliphatic heterocycles. The number of anilines is 1. The van der Waals surface area contributed by atoms with Gasteiger partial charge < -0.3 is 15.2 Å². The van der Waals surface area contributed by atoms with E-state index in [1.165, 1.54) is 61.1 Å². The molecular formula is C45H52ClN7OS2. The Hall–Kier alpha value is -4.61. The van der Waals surface area contributed by atoms with Crippen LogP contribution in [0, 0.1) is 31.6 Å². The van der Waals surface area contributed by atoms with Crippen LogP contribution < -0.4 is 15.5 Å². The number of unbranched alkanes of at least 4 members (excludes halogenated alkanes) is 3. The molecule has 56 heavy (non-hydrogen) atoms. The van der Waals surface area contributed by atoms with Gasteiger partial charge in [0, 0.05) is 74.3 Å². The van der Waals surface area contributed by atoms with Gasteiger partial charge >= 0.3 is 0 Å². The number of carbonyl (C=O) groups is 1. The fourth-order valence-corrected chi connectivity index (χ4v) is 9.49. The predicted molar refractivity (Wildman–Crippen MR) is 241 cm³/mol. The van der Waals surface area contributed by atoms with Crippen molar-refractivity contribution in [3.8, 4) is 10.4 Å². The van der Waals surface area contributed by atoms with Crippen LogP contribution in [0.15, 0.2) is 77.1 Å². The lowest BCUT2D eigenvalue weighted by molar-refractivity contribution is -0.118. The summed E-state index contributed by atoms with van der Waals surface area (Å²) in [5.41, 5.74) is 10.6. The molecule has 0 radical (unpaired) electrons. The lowest BCUT2D eigenvalue weighted by atomic mass is 10.00. The van der Waals surface area contributed by atoms with Gasteiger partial charge in [-0.15, -0.1) is 22.7 Å². The summed E-state index contributed by atoms with van der Waals surface area (Å²) >= 11 is 9.43. The van der Waals surface area contributed by atoms with E-state index in [4.69, 9.17) is 22.4 Å². The largest absolute Gasteiger partial charge is 0.356 e. The maximum Gasteiger partial charge on any atom is 0.216 e. The fraction of sp³-hybridized carbons (Fsp3) is 0.333. The second kappa shape index (κ2) is 18.6. The highest BCUT2D eigenvalue weighted by molar-refractivity contribution is 7.17. The Morgan fingerprint density at radius 2 is 1.62 bits per heavy atom. The number of rotatable bonds is 12. The van der Waals surface area contributed by atoms with Crippen molar-refractivity contribution in [1.82, 2.24) is 15.2 Å². The predicted octanol–water partition coefficient (Wildman–Crippen LogP) is 11.3. The van der Waals surface area contributed by atoms with Gasteiger partial charge in [0.05, 0.1) is 12.3 Å². The molecule has 1 aliphatic rings. The zero-order valence-electron chi connectivity index (χ0n) is 33.2. The number of aliphatic imine (C=N–C) groups is 1. The molecular weight excluding hydrogens is 754 g/mol. The van der Waals surface area contributed by atoms with Gasteiger partial charge in [-0.3, -0.25) is 25.5 Å². The quantitative estimate of drug-likeness (QED) is 0.0562. The molecule has 0 aliphatic carbocycles. The lowest BCUT2D eigenvalue weighted by Gasteiger charge is -2.21. The number of amidine groups is 2. The summed E-state index contributed by atoms with van der Waals surface area (Å²) in [5, 5.41) is 29.3. The molecule has 0 unspecified atom stereocenters. The first-order valence-electron chi connectivity index (χ1n) is 19.4. The third kappa shape index (κ3) is 9.32. The van der Waals surface area contributed by atoms with Gasteiger partial charge in [-0.25, -0.2) is 0 Å². The van der Waals surface area contributed by atoms with Gasteiger partial charge in [0.1, 0.15) is 16.7 Å². The number of fused-ring (bicyclic) bond motifs is 4. The summed E-state index contributed by atoms with van der Waals surface area (Å²) in [4.78, 5) is 19.7. The van der Waals surface area contributed by atoms with E-state index < -0.39 is 0 Å². The van der Waals surface area contributed by atoms with E-state index in [1.807, 2.05) is 35.6 Å². The van der Waals surface area contributed by atoms with E-state index in [0.29, 0.717) is 16.7 Å². The van der Waals surface area contributed by atoms with E-state index in [0.717, 1.165) is 66.4 Å². The minimum absolute atomic E-state index is 0.0636. The zero-order valence-corrected chi connectivity index (χ0v) is 35.6. The third-order valence-corrected chi connectivity index (χ3v) is 12.7. The average Bonchev–Trinajstić information content (AvgIpc) is 3.80. The standard InChI is InChI=1S/C28H35N3OS.C17H17ClN4S/c1-4-31-26-12-9-22(18-29-13-7-5-6-8-14-30-21(3)32)16-25(26)24-11-10-23(17-27(24)31)28-15-20(2)19-33-28;1-9-10(2)23-17-15(9)16(12-4-6-13(18)7-5-12)21-8-14(20)22(17)11(3)19/h9-12,15-17,19,29H,4-8,13-14,18H2,1-3H3,(H,30,32);4-7,19-20H,8H2,1-3H3. The fourth-order valence-electron chi connectivity index (χ4n) is 7.23. The summed E-state index contributed by atoms with van der Waals surface area (Å²) in [6.45, 7) is 15.7. The Kier molecular flexibility index (Phi) is 13.6. The van der Waals surface area contributed by atoms with Crippen molar-refractivity contribution in [3.63, 3.8) is 0 Å². The molecule has 0 bridgehead atoms. The molecule has 4 heterocycles. The normalized spacial score (nSPS) is 12.7. The second-order valence-corrected chi connectivity index (χ2v) is 16.9. The molecule has 0 saturated carbocycles. The zero-order chi connectivity index (χ0) is 39.9. The summed E-state index contributed by atoms with van der Waals surface area (Å²) in [6, 6.07) is 23.7. The Balaban J connectivity index is 0.000000202. The number of halogens is 1. The number of benzene rings is 3. The van der Waals surface area contributed by atoms with Crippen molar-refractivity contribution in [2.45, 2.75) is 80.3 Å². The van der Waals surface area contributed by atoms with Crippen LogP contribution in [0.25, 0.3) is 32.2 Å². The molecule has 292 valence electrons. The number of thiophene rings is 2. The van der Waals surface area contributed by atoms with E-state index in [1.54, 1.807) is 30.1 Å². The van der Waals surface area contributed by atoms with Crippen LogP contribution in [0.2, 0.25) is 5.02 Å². The molecule has 6 aromatic rings. The van der Waals surface area contributed by atoms with E-state index >= 15 is 0 Å². The van der Waals surface area contributed by atoms with Crippen molar-refractivity contribution in [2.24, 2.45) is 4.99 Å². The smallest absolute Gasteiger partial charge is 0.216 e. The minimum atomic E-state index is 0.0636. The van der Waals surface area contributed by atoms with Crippen LogP contribution in [-0.4, -0.2) is 47.5 Å². The highest BCUT2D eigenvalue weighted by Crippen LogP contribution is 2.39. The van der Waals surface area contributed by atoms with Gasteiger partial charge in [0.2, 0.25) is 5.91 Å². The van der Waals surface area contributed by atoms with E-state index in [2.05, 4.69) is 95.7 Å². The van der Waals surface area contributed by atoms with Gasteiger partial charge in [0.15, 0.2) is 0 Å². The maximum absolute atomic E-state index is 10.9. The van der Waals surface area contributed by atoms with Crippen LogP contribution in [0.3, 0.4) is 0 Å². The van der Waals surface area contributed by atoms with Gasteiger partial charge in [-0.1, -0.05) is 54.8 Å². The Morgan fingerprint density at radius 1 is 0.893 bits per heavy atom. The number of amides is 1. The van der Waals surface area contributed by atoms with Crippen LogP contribution in [0.1, 0.15) is 79.1 Å². The van der Waals surface area contributed by atoms with E-state index in [9.17, 15) is 4.79 Å². The molecule has 1 amide bonds. The van der Waals surface area contributed by atoms with Gasteiger partial charge in [0.25, 0.3) is 0 Å². The van der Waals surface area contributed by atoms with Crippen molar-refractivity contribution < 1.29 is 4.79 Å². The Morgan fingerprint density at radius 3 is 2.30 bits per heavy atom. The first kappa shape index (κ1) is 41.0. The molecule has 3 aromatic carbocycles. The van der Waals surface area contributed by atoms with Gasteiger partial charge in [-0.05, 0) is 118 Å². The summed E-state index contributed by atoms with van der Waals surface area (Å²) in [5.74, 6) is 0.725. The summed E-state index contributed by atoms with van der Waals surface area (Å²) < 4.78 is 2.44. The first-order chi connectivity index (χ1) is 27.0. The number of aryl methyl sites for hydroxylation is 3. The average molecular weight is 807 g/mol. The van der Waals surface area contributed by atoms with Crippen LogP contribution in [-0.2, 0) is 17.9 Å². The topological polar surface area (TPSA) is 109 Å². The summed E-state index contributed by atoms with van der Waals surface area (Å²) in [6.07, 6.45) is 4.59. The molecule has 7 rings (SSSR count). The van der Waals surface area contributed by atoms with Crippen molar-refractivity contribution >= 4 is 84.4 Å². The number of hydrogen-bond donors (Lipinski definition) is 4. The molecule has 0 spiro atoms. The van der Waals surface area contributed by atoms with Crippen LogP contribution in [0.5, 0.6) is 0 Å². The number of aromatic nitrogens is 1. The maximum atomic E-state index is 10.9. The SMILES string of the molecule is CC(=N)N1C(=N)CN=C(c2ccc(Cl)cc2)c2c1sc(C)c2C.CCn1c2ccc(CNCCCCCCNC(C)=O)cc2c2ccc(-c3cc(C)cs3)cc21. The van der Waals surface area contributed by atoms with Crippen LogP contribution >= 0.6 is 34.3 Å². The van der Waals surface area contributed by atoms with E-state index in [-0.39, 0.29) is 12.5 Å². The second-order valence-electron chi connectivity index (χ2n) is 14.4. The molecule has 4 N–H and O–H groups in total. The molecule has 8 nitrogen and oxygen atoms in total. The highest BCUT2D eigenvalue weighted by atomic mass is 35.5. The molecule has 0 atom stereocenters. The molecule has 3 aromatic heterocycles. The highest BCUT2D eigenvalue weighted by Gasteiger charge is 2.29. The van der Waals surface area contributed by atoms with Crippen LogP contribution in [0.4, 0.5) is 5.00 Å². The third-order valence-electron chi connectivity index (χ3n) is 10.2. The van der Waals surface area contributed by atoms with Crippen molar-refractivity contribution in [1.29, 1.82) is 10.8 Å². The Labute approximate surface area is 343 Å². The molecule has 0 fully saturated rings. The number of nitrogens with one attached hydrogen (secondary N) is 4. The number of nitrogens with zero attached hydrogens (tertiary/aromatic N) is 3. The number of hydrogen-bond acceptors (Lipinski definition) is 7. The van der Waals surface area contributed by atoms with Crippen molar-refractivity contribution in [2.75, 3.05) is 24.5 Å². The molecule has 11 heteroatoms. The van der Waals surface area contributed by atoms with Gasteiger partial charge in [-0.2, -0.15) is 0 Å². The summed E-state index contributed by atoms with van der Waals surface area (Å²) in [7, 11) is 0. The van der Waals surface area contributed by atoms with Crippen molar-refractivity contribution in [3.05, 3.63) is 110 Å². The Bertz CT molecular complexity index is 2400. The monoisotopic (exact) mass is 805 g/mol. The minimum Gasteiger partial charge on any atom is -0.356 e. The number of carbonyl (C=O) groups excluding carboxylic acids is 1. The first-order valence-corrected chi connectivity index (χ1v) is 21.4. The molecule has 0 saturated heterocycles.